The highest BCUT2D eigenvalue weighted by Crippen LogP contribution is 2.11. The predicted molar refractivity (Wildman–Crippen MR) is 81.4 cm³/mol. The Kier molecular flexibility index (Phi) is 6.90. The Hall–Kier alpha value is -1.18. The van der Waals surface area contributed by atoms with Crippen LogP contribution in [0, 0.1) is 0 Å². The van der Waals surface area contributed by atoms with Gasteiger partial charge in [0.25, 0.3) is 0 Å². The van der Waals surface area contributed by atoms with Crippen molar-refractivity contribution in [3.63, 3.8) is 0 Å². The fourth-order valence-corrected chi connectivity index (χ4v) is 2.91. The van der Waals surface area contributed by atoms with Gasteiger partial charge >= 0.3 is 0 Å². The molecule has 0 fully saturated rings. The van der Waals surface area contributed by atoms with Crippen molar-refractivity contribution in [3.05, 3.63) is 18.3 Å². The van der Waals surface area contributed by atoms with Crippen LogP contribution in [0.25, 0.3) is 0 Å². The van der Waals surface area contributed by atoms with Gasteiger partial charge in [0.1, 0.15) is 5.82 Å². The zero-order valence-corrected chi connectivity index (χ0v) is 13.2. The van der Waals surface area contributed by atoms with Gasteiger partial charge < -0.3 is 10.2 Å². The third-order valence-corrected chi connectivity index (χ3v) is 4.46. The van der Waals surface area contributed by atoms with Gasteiger partial charge in [0.2, 0.25) is 10.0 Å². The largest absolute Gasteiger partial charge is 0.373 e. The molecule has 6 nitrogen and oxygen atoms in total. The van der Waals surface area contributed by atoms with Crippen LogP contribution in [0.5, 0.6) is 0 Å². The summed E-state index contributed by atoms with van der Waals surface area (Å²) in [5.74, 6) is 0.536. The van der Waals surface area contributed by atoms with Gasteiger partial charge in [0.05, 0.1) is 4.90 Å². The molecular formula is C13H24N4O2S. The number of pyridine rings is 1. The second kappa shape index (κ2) is 8.18. The van der Waals surface area contributed by atoms with Crippen LogP contribution in [-0.2, 0) is 10.0 Å². The van der Waals surface area contributed by atoms with E-state index >= 15 is 0 Å². The fourth-order valence-electron chi connectivity index (χ4n) is 1.88. The lowest BCUT2D eigenvalue weighted by Crippen LogP contribution is -2.35. The lowest BCUT2D eigenvalue weighted by molar-refractivity contribution is 0.293. The summed E-state index contributed by atoms with van der Waals surface area (Å²) in [5.41, 5.74) is 0. The van der Waals surface area contributed by atoms with Crippen LogP contribution in [0.4, 0.5) is 5.82 Å². The molecule has 20 heavy (non-hydrogen) atoms. The molecule has 0 aromatic carbocycles. The van der Waals surface area contributed by atoms with Crippen molar-refractivity contribution in [2.24, 2.45) is 0 Å². The van der Waals surface area contributed by atoms with Crippen LogP contribution >= 0.6 is 0 Å². The minimum absolute atomic E-state index is 0.232. The van der Waals surface area contributed by atoms with Gasteiger partial charge in [-0.2, -0.15) is 0 Å². The zero-order valence-electron chi connectivity index (χ0n) is 12.4. The van der Waals surface area contributed by atoms with E-state index in [4.69, 9.17) is 0 Å². The van der Waals surface area contributed by atoms with E-state index in [0.29, 0.717) is 18.9 Å². The van der Waals surface area contributed by atoms with Crippen LogP contribution in [0.3, 0.4) is 0 Å². The molecular weight excluding hydrogens is 276 g/mol. The average molecular weight is 300 g/mol. The Bertz CT molecular complexity index is 505. The van der Waals surface area contributed by atoms with Crippen molar-refractivity contribution < 1.29 is 8.42 Å². The molecule has 1 rings (SSSR count). The summed E-state index contributed by atoms with van der Waals surface area (Å²) >= 11 is 0. The third-order valence-electron chi connectivity index (χ3n) is 3.01. The Morgan fingerprint density at radius 1 is 1.30 bits per heavy atom. The molecule has 0 aliphatic carbocycles. The number of sulfonamides is 1. The molecule has 0 bridgehead atoms. The minimum atomic E-state index is -3.47. The number of aromatic nitrogens is 1. The lowest BCUT2D eigenvalue weighted by atomic mass is 10.4. The Balaban J connectivity index is 2.61. The van der Waals surface area contributed by atoms with Crippen molar-refractivity contribution in [2.45, 2.75) is 25.2 Å². The van der Waals surface area contributed by atoms with Gasteiger partial charge in [-0.25, -0.2) is 18.1 Å². The molecule has 0 atom stereocenters. The van der Waals surface area contributed by atoms with E-state index in [1.165, 1.54) is 18.3 Å². The standard InChI is InChI=1S/C13H24N4O2S/c1-4-9-17(5-2)10-8-16-20(18,19)12-6-7-15-13(11-12)14-3/h6-7,11,16H,4-5,8-10H2,1-3H3,(H,14,15). The van der Waals surface area contributed by atoms with Crippen LogP contribution in [0.2, 0.25) is 0 Å². The molecule has 0 aliphatic rings. The first-order valence-corrected chi connectivity index (χ1v) is 8.37. The molecule has 0 radical (unpaired) electrons. The van der Waals surface area contributed by atoms with Crippen molar-refractivity contribution in [1.29, 1.82) is 0 Å². The van der Waals surface area contributed by atoms with E-state index < -0.39 is 10.0 Å². The van der Waals surface area contributed by atoms with Crippen LogP contribution < -0.4 is 10.0 Å². The highest BCUT2D eigenvalue weighted by molar-refractivity contribution is 7.89. The van der Waals surface area contributed by atoms with E-state index in [1.807, 2.05) is 0 Å². The van der Waals surface area contributed by atoms with Crippen LogP contribution in [-0.4, -0.2) is 51.5 Å². The van der Waals surface area contributed by atoms with E-state index in [0.717, 1.165) is 19.5 Å². The second-order valence-electron chi connectivity index (χ2n) is 4.46. The normalized spacial score (nSPS) is 11.8. The molecule has 1 aromatic rings. The maximum absolute atomic E-state index is 12.1. The Morgan fingerprint density at radius 3 is 2.65 bits per heavy atom. The Labute approximate surface area is 121 Å². The molecule has 0 saturated heterocycles. The van der Waals surface area contributed by atoms with E-state index in [-0.39, 0.29) is 4.90 Å². The summed E-state index contributed by atoms with van der Waals surface area (Å²) in [7, 11) is -1.76. The van der Waals surface area contributed by atoms with Crippen molar-refractivity contribution in [3.8, 4) is 0 Å². The lowest BCUT2D eigenvalue weighted by Gasteiger charge is -2.19. The summed E-state index contributed by atoms with van der Waals surface area (Å²) in [6, 6.07) is 3.01. The van der Waals surface area contributed by atoms with E-state index in [9.17, 15) is 8.42 Å². The number of hydrogen-bond donors (Lipinski definition) is 2. The fraction of sp³-hybridized carbons (Fsp3) is 0.615. The first kappa shape index (κ1) is 16.9. The second-order valence-corrected chi connectivity index (χ2v) is 6.23. The zero-order chi connectivity index (χ0) is 15.0. The molecule has 0 aliphatic heterocycles. The van der Waals surface area contributed by atoms with Crippen molar-refractivity contribution >= 4 is 15.8 Å². The van der Waals surface area contributed by atoms with Gasteiger partial charge in [-0.3, -0.25) is 0 Å². The quantitative estimate of drug-likeness (QED) is 0.715. The monoisotopic (exact) mass is 300 g/mol. The number of hydrogen-bond acceptors (Lipinski definition) is 5. The first-order chi connectivity index (χ1) is 9.53. The third kappa shape index (κ3) is 5.07. The number of rotatable bonds is 9. The summed E-state index contributed by atoms with van der Waals surface area (Å²) in [6.07, 6.45) is 2.55. The summed E-state index contributed by atoms with van der Waals surface area (Å²) < 4.78 is 26.9. The highest BCUT2D eigenvalue weighted by atomic mass is 32.2. The topological polar surface area (TPSA) is 74.3 Å². The van der Waals surface area contributed by atoms with Crippen LogP contribution in [0.15, 0.2) is 23.2 Å². The molecule has 2 N–H and O–H groups in total. The van der Waals surface area contributed by atoms with Gasteiger partial charge in [0, 0.05) is 32.4 Å². The minimum Gasteiger partial charge on any atom is -0.373 e. The summed E-state index contributed by atoms with van der Waals surface area (Å²) in [6.45, 7) is 7.22. The molecule has 0 amide bonds. The van der Waals surface area contributed by atoms with E-state index in [2.05, 4.69) is 33.8 Å². The SMILES string of the molecule is CCCN(CC)CCNS(=O)(=O)c1ccnc(NC)c1. The number of anilines is 1. The van der Waals surface area contributed by atoms with Crippen LogP contribution in [0.1, 0.15) is 20.3 Å². The molecule has 0 unspecified atom stereocenters. The van der Waals surface area contributed by atoms with Crippen molar-refractivity contribution in [1.82, 2.24) is 14.6 Å². The number of nitrogens with zero attached hydrogens (tertiary/aromatic N) is 2. The highest BCUT2D eigenvalue weighted by Gasteiger charge is 2.14. The summed E-state index contributed by atoms with van der Waals surface area (Å²) in [5, 5.41) is 2.83. The number of nitrogens with one attached hydrogen (secondary N) is 2. The number of likely N-dealkylation sites (N-methyl/N-ethyl adjacent to an activating group) is 1. The molecule has 7 heteroatoms. The molecule has 1 heterocycles. The van der Waals surface area contributed by atoms with Crippen molar-refractivity contribution in [2.75, 3.05) is 38.5 Å². The Morgan fingerprint density at radius 2 is 2.05 bits per heavy atom. The predicted octanol–water partition coefficient (Wildman–Crippen LogP) is 1.13. The molecule has 114 valence electrons. The maximum Gasteiger partial charge on any atom is 0.240 e. The smallest absolute Gasteiger partial charge is 0.240 e. The maximum atomic E-state index is 12.1. The first-order valence-electron chi connectivity index (χ1n) is 6.89. The average Bonchev–Trinajstić information content (AvgIpc) is 2.46. The van der Waals surface area contributed by atoms with Gasteiger partial charge in [-0.15, -0.1) is 0 Å². The van der Waals surface area contributed by atoms with E-state index in [1.54, 1.807) is 7.05 Å². The van der Waals surface area contributed by atoms with Gasteiger partial charge in [0.15, 0.2) is 0 Å². The van der Waals surface area contributed by atoms with Gasteiger partial charge in [-0.05, 0) is 25.6 Å². The molecule has 0 spiro atoms. The summed E-state index contributed by atoms with van der Waals surface area (Å²) in [4.78, 5) is 6.45. The van der Waals surface area contributed by atoms with Gasteiger partial charge in [-0.1, -0.05) is 13.8 Å². The molecule has 0 saturated carbocycles. The molecule has 1 aromatic heterocycles.